The molecule has 2 aromatic rings. The summed E-state index contributed by atoms with van der Waals surface area (Å²) in [7, 11) is 0. The number of unbranched alkanes of at least 4 members (excludes halogenated alkanes) is 8. The van der Waals surface area contributed by atoms with Crippen molar-refractivity contribution in [2.24, 2.45) is 11.8 Å². The summed E-state index contributed by atoms with van der Waals surface area (Å²) in [6.45, 7) is 4.59. The molecule has 1 fully saturated rings. The minimum absolute atomic E-state index is 0.936. The fraction of sp³-hybridized carbons (Fsp3) is 0.667. The van der Waals surface area contributed by atoms with Crippen LogP contribution in [-0.4, -0.2) is 4.98 Å². The molecule has 1 nitrogen and oxygen atoms in total. The third kappa shape index (κ3) is 9.93. The summed E-state index contributed by atoms with van der Waals surface area (Å²) in [4.78, 5) is 4.81. The van der Waals surface area contributed by atoms with Crippen LogP contribution in [0.25, 0.3) is 11.3 Å². The maximum atomic E-state index is 4.81. The summed E-state index contributed by atoms with van der Waals surface area (Å²) < 4.78 is 0. The van der Waals surface area contributed by atoms with Gasteiger partial charge in [-0.05, 0) is 54.7 Å². The van der Waals surface area contributed by atoms with Crippen LogP contribution in [-0.2, 0) is 12.8 Å². The molecule has 0 amide bonds. The first-order chi connectivity index (χ1) is 16.8. The average Bonchev–Trinajstić information content (AvgIpc) is 2.89. The van der Waals surface area contributed by atoms with Crippen molar-refractivity contribution in [3.05, 3.63) is 53.7 Å². The molecule has 1 aliphatic carbocycles. The van der Waals surface area contributed by atoms with Crippen LogP contribution in [0, 0.1) is 11.8 Å². The van der Waals surface area contributed by atoms with Gasteiger partial charge in [-0.25, -0.2) is 0 Å². The molecule has 0 atom stereocenters. The van der Waals surface area contributed by atoms with Crippen LogP contribution in [0.4, 0.5) is 0 Å². The zero-order valence-electron chi connectivity index (χ0n) is 22.4. The fourth-order valence-corrected chi connectivity index (χ4v) is 5.73. The molecule has 1 aromatic heterocycles. The molecular formula is C33H51N. The Balaban J connectivity index is 1.33. The van der Waals surface area contributed by atoms with Crippen molar-refractivity contribution in [3.8, 4) is 11.3 Å². The van der Waals surface area contributed by atoms with E-state index in [-0.39, 0.29) is 0 Å². The second-order valence-electron chi connectivity index (χ2n) is 11.0. The Labute approximate surface area is 211 Å². The van der Waals surface area contributed by atoms with Crippen LogP contribution in [0.15, 0.2) is 42.6 Å². The second kappa shape index (κ2) is 16.1. The van der Waals surface area contributed by atoms with E-state index in [1.807, 2.05) is 0 Å². The molecule has 3 rings (SSSR count). The summed E-state index contributed by atoms with van der Waals surface area (Å²) in [6.07, 6.45) is 27.1. The van der Waals surface area contributed by atoms with E-state index in [4.69, 9.17) is 4.98 Å². The minimum atomic E-state index is 0.936. The summed E-state index contributed by atoms with van der Waals surface area (Å²) in [5.41, 5.74) is 5.22. The first-order valence-corrected chi connectivity index (χ1v) is 14.8. The maximum absolute atomic E-state index is 4.81. The zero-order valence-corrected chi connectivity index (χ0v) is 22.4. The highest BCUT2D eigenvalue weighted by atomic mass is 14.7. The molecule has 188 valence electrons. The lowest BCUT2D eigenvalue weighted by Gasteiger charge is -2.28. The van der Waals surface area contributed by atoms with E-state index in [1.165, 1.54) is 132 Å². The molecular weight excluding hydrogens is 410 g/mol. The minimum Gasteiger partial charge on any atom is -0.256 e. The molecule has 0 unspecified atom stereocenters. The molecule has 0 radical (unpaired) electrons. The molecule has 0 aliphatic heterocycles. The van der Waals surface area contributed by atoms with Gasteiger partial charge in [0.05, 0.1) is 5.69 Å². The SMILES string of the molecule is CCCCCCCc1ccc(-c2ccc(CCC3CCC(CCCCCCC)CC3)cn2)cc1. The average molecular weight is 462 g/mol. The predicted molar refractivity (Wildman–Crippen MR) is 149 cm³/mol. The van der Waals surface area contributed by atoms with Crippen LogP contribution in [0.3, 0.4) is 0 Å². The van der Waals surface area contributed by atoms with E-state index in [1.54, 1.807) is 0 Å². The lowest BCUT2D eigenvalue weighted by atomic mass is 9.78. The maximum Gasteiger partial charge on any atom is 0.0702 e. The van der Waals surface area contributed by atoms with Crippen LogP contribution < -0.4 is 0 Å². The Morgan fingerprint density at radius 2 is 1.18 bits per heavy atom. The van der Waals surface area contributed by atoms with Gasteiger partial charge in [0.1, 0.15) is 0 Å². The second-order valence-corrected chi connectivity index (χ2v) is 11.0. The molecule has 1 heterocycles. The van der Waals surface area contributed by atoms with Crippen molar-refractivity contribution in [2.75, 3.05) is 0 Å². The Bertz CT molecular complexity index is 752. The lowest BCUT2D eigenvalue weighted by Crippen LogP contribution is -2.15. The van der Waals surface area contributed by atoms with Gasteiger partial charge in [-0.3, -0.25) is 4.98 Å². The van der Waals surface area contributed by atoms with Gasteiger partial charge in [0.25, 0.3) is 0 Å². The molecule has 1 aromatic carbocycles. The van der Waals surface area contributed by atoms with Crippen LogP contribution >= 0.6 is 0 Å². The predicted octanol–water partition coefficient (Wildman–Crippen LogP) is 10.4. The van der Waals surface area contributed by atoms with E-state index in [0.29, 0.717) is 0 Å². The van der Waals surface area contributed by atoms with Gasteiger partial charge in [-0.2, -0.15) is 0 Å². The van der Waals surface area contributed by atoms with Crippen molar-refractivity contribution < 1.29 is 0 Å². The van der Waals surface area contributed by atoms with E-state index in [2.05, 4.69) is 56.4 Å². The Morgan fingerprint density at radius 3 is 1.79 bits per heavy atom. The molecule has 1 heteroatoms. The summed E-state index contributed by atoms with van der Waals surface area (Å²) in [6, 6.07) is 13.6. The van der Waals surface area contributed by atoms with Crippen molar-refractivity contribution in [1.82, 2.24) is 4.98 Å². The molecule has 0 saturated heterocycles. The van der Waals surface area contributed by atoms with Gasteiger partial charge in [0.2, 0.25) is 0 Å². The molecule has 0 N–H and O–H groups in total. The van der Waals surface area contributed by atoms with Gasteiger partial charge in [0.15, 0.2) is 0 Å². The zero-order chi connectivity index (χ0) is 23.8. The standard InChI is InChI=1S/C33H51N/c1-3-5-7-9-11-13-28-15-17-30(18-16-28)19-20-31-23-26-33(34-27-31)32-24-21-29(22-25-32)14-12-10-8-6-4-2/h21-28,30H,3-20H2,1-2H3. The Kier molecular flexibility index (Phi) is 12.8. The highest BCUT2D eigenvalue weighted by molar-refractivity contribution is 5.59. The molecule has 1 aliphatic rings. The van der Waals surface area contributed by atoms with E-state index in [0.717, 1.165) is 17.5 Å². The van der Waals surface area contributed by atoms with E-state index >= 15 is 0 Å². The number of pyridine rings is 1. The van der Waals surface area contributed by atoms with Crippen LogP contribution in [0.5, 0.6) is 0 Å². The van der Waals surface area contributed by atoms with Gasteiger partial charge in [0, 0.05) is 11.8 Å². The van der Waals surface area contributed by atoms with Crippen LogP contribution in [0.1, 0.15) is 128 Å². The van der Waals surface area contributed by atoms with E-state index < -0.39 is 0 Å². The number of hydrogen-bond donors (Lipinski definition) is 0. The number of nitrogens with zero attached hydrogens (tertiary/aromatic N) is 1. The van der Waals surface area contributed by atoms with Gasteiger partial charge < -0.3 is 0 Å². The fourth-order valence-electron chi connectivity index (χ4n) is 5.73. The van der Waals surface area contributed by atoms with Gasteiger partial charge in [-0.1, -0.05) is 134 Å². The van der Waals surface area contributed by atoms with Crippen molar-refractivity contribution in [3.63, 3.8) is 0 Å². The first-order valence-electron chi connectivity index (χ1n) is 14.8. The monoisotopic (exact) mass is 461 g/mol. The van der Waals surface area contributed by atoms with E-state index in [9.17, 15) is 0 Å². The molecule has 0 spiro atoms. The summed E-state index contributed by atoms with van der Waals surface area (Å²) in [5, 5.41) is 0. The quantitative estimate of drug-likeness (QED) is 0.226. The normalized spacial score (nSPS) is 18.3. The number of benzene rings is 1. The third-order valence-electron chi connectivity index (χ3n) is 8.17. The number of hydrogen-bond acceptors (Lipinski definition) is 1. The highest BCUT2D eigenvalue weighted by Gasteiger charge is 2.20. The first kappa shape index (κ1) is 27.0. The summed E-state index contributed by atoms with van der Waals surface area (Å²) in [5.74, 6) is 1.96. The third-order valence-corrected chi connectivity index (χ3v) is 8.17. The van der Waals surface area contributed by atoms with Gasteiger partial charge in [-0.15, -0.1) is 0 Å². The summed E-state index contributed by atoms with van der Waals surface area (Å²) >= 11 is 0. The van der Waals surface area contributed by atoms with Crippen molar-refractivity contribution in [1.29, 1.82) is 0 Å². The molecule has 1 saturated carbocycles. The van der Waals surface area contributed by atoms with Crippen molar-refractivity contribution >= 4 is 0 Å². The largest absolute Gasteiger partial charge is 0.256 e. The van der Waals surface area contributed by atoms with Crippen LogP contribution in [0.2, 0.25) is 0 Å². The van der Waals surface area contributed by atoms with Gasteiger partial charge >= 0.3 is 0 Å². The number of rotatable bonds is 16. The topological polar surface area (TPSA) is 12.9 Å². The number of aromatic nitrogens is 1. The number of aryl methyl sites for hydroxylation is 2. The Hall–Kier alpha value is -1.63. The lowest BCUT2D eigenvalue weighted by molar-refractivity contribution is 0.248. The smallest absolute Gasteiger partial charge is 0.0702 e. The van der Waals surface area contributed by atoms with Crippen molar-refractivity contribution in [2.45, 2.75) is 129 Å². The molecule has 34 heavy (non-hydrogen) atoms. The Morgan fingerprint density at radius 1 is 0.588 bits per heavy atom. The molecule has 0 bridgehead atoms. The highest BCUT2D eigenvalue weighted by Crippen LogP contribution is 2.34.